The summed E-state index contributed by atoms with van der Waals surface area (Å²) >= 11 is 0. The van der Waals surface area contributed by atoms with E-state index in [1.165, 1.54) is 18.2 Å². The predicted octanol–water partition coefficient (Wildman–Crippen LogP) is 3.94. The van der Waals surface area contributed by atoms with Crippen molar-refractivity contribution in [2.24, 2.45) is 5.10 Å². The van der Waals surface area contributed by atoms with Gasteiger partial charge in [0, 0.05) is 6.20 Å². The molecule has 0 aliphatic heterocycles. The third-order valence-electron chi connectivity index (χ3n) is 2.61. The maximum Gasteiger partial charge on any atom is 0.418 e. The average molecular weight is 279 g/mol. The molecule has 1 aromatic carbocycles. The first-order chi connectivity index (χ1) is 9.48. The number of hydrogen-bond acceptors (Lipinski definition) is 3. The lowest BCUT2D eigenvalue weighted by atomic mass is 10.2. The van der Waals surface area contributed by atoms with Crippen LogP contribution in [0.5, 0.6) is 0 Å². The Morgan fingerprint density at radius 3 is 2.45 bits per heavy atom. The Kier molecular flexibility index (Phi) is 4.02. The Balaban J connectivity index is 2.24. The van der Waals surface area contributed by atoms with E-state index >= 15 is 0 Å². The van der Waals surface area contributed by atoms with Gasteiger partial charge in [-0.25, -0.2) is 0 Å². The molecule has 0 aliphatic carbocycles. The number of para-hydroxylation sites is 1. The van der Waals surface area contributed by atoms with Crippen molar-refractivity contribution in [2.75, 3.05) is 5.43 Å². The fraction of sp³-hybridized carbons (Fsp3) is 0.143. The van der Waals surface area contributed by atoms with Crippen LogP contribution in [-0.4, -0.2) is 10.7 Å². The van der Waals surface area contributed by atoms with Crippen LogP contribution in [0.2, 0.25) is 0 Å². The summed E-state index contributed by atoms with van der Waals surface area (Å²) in [6.07, 6.45) is -2.82. The Labute approximate surface area is 114 Å². The minimum Gasteiger partial charge on any atom is -0.278 e. The van der Waals surface area contributed by atoms with Crippen LogP contribution in [0.25, 0.3) is 0 Å². The van der Waals surface area contributed by atoms with E-state index in [1.807, 2.05) is 0 Å². The van der Waals surface area contributed by atoms with Gasteiger partial charge in [0.25, 0.3) is 0 Å². The molecule has 3 nitrogen and oxygen atoms in total. The number of pyridine rings is 1. The van der Waals surface area contributed by atoms with Gasteiger partial charge in [0.15, 0.2) is 0 Å². The van der Waals surface area contributed by atoms with Gasteiger partial charge in [-0.05, 0) is 31.2 Å². The van der Waals surface area contributed by atoms with Gasteiger partial charge in [0.1, 0.15) is 0 Å². The molecule has 1 aromatic heterocycles. The van der Waals surface area contributed by atoms with Crippen LogP contribution in [0.4, 0.5) is 18.9 Å². The summed E-state index contributed by atoms with van der Waals surface area (Å²) in [5.74, 6) is 0. The number of alkyl halides is 3. The third kappa shape index (κ3) is 3.34. The summed E-state index contributed by atoms with van der Waals surface area (Å²) in [6.45, 7) is 1.67. The molecule has 1 heterocycles. The molecule has 0 fully saturated rings. The molecule has 6 heteroatoms. The number of nitrogens with zero attached hydrogens (tertiary/aromatic N) is 2. The lowest BCUT2D eigenvalue weighted by molar-refractivity contribution is -0.136. The van der Waals surface area contributed by atoms with Crippen molar-refractivity contribution in [3.05, 3.63) is 59.9 Å². The van der Waals surface area contributed by atoms with E-state index in [2.05, 4.69) is 15.5 Å². The van der Waals surface area contributed by atoms with Gasteiger partial charge in [-0.2, -0.15) is 18.3 Å². The summed E-state index contributed by atoms with van der Waals surface area (Å²) in [4.78, 5) is 4.07. The summed E-state index contributed by atoms with van der Waals surface area (Å²) in [7, 11) is 0. The molecule has 0 radical (unpaired) electrons. The van der Waals surface area contributed by atoms with Gasteiger partial charge >= 0.3 is 6.18 Å². The molecule has 1 N–H and O–H groups in total. The molecule has 104 valence electrons. The number of rotatable bonds is 3. The van der Waals surface area contributed by atoms with Crippen LogP contribution in [0.3, 0.4) is 0 Å². The van der Waals surface area contributed by atoms with E-state index in [4.69, 9.17) is 0 Å². The zero-order valence-electron chi connectivity index (χ0n) is 10.6. The number of nitrogens with one attached hydrogen (secondary N) is 1. The molecule has 0 atom stereocenters. The maximum absolute atomic E-state index is 12.8. The number of benzene rings is 1. The predicted molar refractivity (Wildman–Crippen MR) is 71.5 cm³/mol. The van der Waals surface area contributed by atoms with Crippen molar-refractivity contribution in [1.82, 2.24) is 4.98 Å². The molecule has 0 saturated heterocycles. The number of hydrazone groups is 1. The van der Waals surface area contributed by atoms with Crippen LogP contribution in [0, 0.1) is 0 Å². The van der Waals surface area contributed by atoms with Crippen molar-refractivity contribution in [2.45, 2.75) is 13.1 Å². The SMILES string of the molecule is C/C(=N\Nc1ccccc1C(F)(F)F)c1ccccn1. The van der Waals surface area contributed by atoms with Gasteiger partial charge in [0.05, 0.1) is 22.7 Å². The fourth-order valence-corrected chi connectivity index (χ4v) is 1.61. The van der Waals surface area contributed by atoms with Crippen molar-refractivity contribution >= 4 is 11.4 Å². The number of halogens is 3. The van der Waals surface area contributed by atoms with Crippen molar-refractivity contribution < 1.29 is 13.2 Å². The molecule has 0 spiro atoms. The zero-order chi connectivity index (χ0) is 14.6. The highest BCUT2D eigenvalue weighted by molar-refractivity contribution is 5.97. The molecule has 0 saturated carbocycles. The largest absolute Gasteiger partial charge is 0.418 e. The second-order valence-corrected chi connectivity index (χ2v) is 4.07. The van der Waals surface area contributed by atoms with Gasteiger partial charge < -0.3 is 0 Å². The van der Waals surface area contributed by atoms with Crippen LogP contribution in [0.1, 0.15) is 18.2 Å². The molecule has 0 amide bonds. The van der Waals surface area contributed by atoms with Crippen LogP contribution >= 0.6 is 0 Å². The summed E-state index contributed by atoms with van der Waals surface area (Å²) in [5.41, 5.74) is 2.71. The lowest BCUT2D eigenvalue weighted by Crippen LogP contribution is -2.09. The minimum atomic E-state index is -4.42. The van der Waals surface area contributed by atoms with Gasteiger partial charge in [-0.15, -0.1) is 0 Å². The molecule has 2 rings (SSSR count). The van der Waals surface area contributed by atoms with Crippen LogP contribution < -0.4 is 5.43 Å². The standard InChI is InChI=1S/C14H12F3N3/c1-10(12-7-4-5-9-18-12)19-20-13-8-3-2-6-11(13)14(15,16)17/h2-9,20H,1H3/b19-10+. The van der Waals surface area contributed by atoms with Crippen LogP contribution in [-0.2, 0) is 6.18 Å². The normalized spacial score (nSPS) is 12.3. The summed E-state index contributed by atoms with van der Waals surface area (Å²) < 4.78 is 38.4. The minimum absolute atomic E-state index is 0.0877. The van der Waals surface area contributed by atoms with Gasteiger partial charge in [-0.1, -0.05) is 18.2 Å². The molecule has 0 aliphatic rings. The first-order valence-electron chi connectivity index (χ1n) is 5.86. The number of hydrogen-bond donors (Lipinski definition) is 1. The Bertz CT molecular complexity index is 607. The monoisotopic (exact) mass is 279 g/mol. The van der Waals surface area contributed by atoms with E-state index < -0.39 is 11.7 Å². The molecule has 20 heavy (non-hydrogen) atoms. The zero-order valence-corrected chi connectivity index (χ0v) is 10.6. The van der Waals surface area contributed by atoms with E-state index in [1.54, 1.807) is 31.3 Å². The number of aromatic nitrogens is 1. The van der Waals surface area contributed by atoms with Crippen molar-refractivity contribution in [3.8, 4) is 0 Å². The topological polar surface area (TPSA) is 37.3 Å². The van der Waals surface area contributed by atoms with E-state index in [0.717, 1.165) is 6.07 Å². The Morgan fingerprint density at radius 2 is 1.80 bits per heavy atom. The fourth-order valence-electron chi connectivity index (χ4n) is 1.61. The summed E-state index contributed by atoms with van der Waals surface area (Å²) in [6, 6.07) is 10.5. The molecule has 0 bridgehead atoms. The molecule has 2 aromatic rings. The van der Waals surface area contributed by atoms with E-state index in [0.29, 0.717) is 11.4 Å². The Morgan fingerprint density at radius 1 is 1.10 bits per heavy atom. The quantitative estimate of drug-likeness (QED) is 0.682. The third-order valence-corrected chi connectivity index (χ3v) is 2.61. The highest BCUT2D eigenvalue weighted by Crippen LogP contribution is 2.34. The highest BCUT2D eigenvalue weighted by Gasteiger charge is 2.33. The van der Waals surface area contributed by atoms with E-state index in [-0.39, 0.29) is 5.69 Å². The Hall–Kier alpha value is -2.37. The number of anilines is 1. The van der Waals surface area contributed by atoms with Gasteiger partial charge in [-0.3, -0.25) is 10.4 Å². The van der Waals surface area contributed by atoms with E-state index in [9.17, 15) is 13.2 Å². The van der Waals surface area contributed by atoms with Crippen LogP contribution in [0.15, 0.2) is 53.8 Å². The smallest absolute Gasteiger partial charge is 0.278 e. The lowest BCUT2D eigenvalue weighted by Gasteiger charge is -2.12. The van der Waals surface area contributed by atoms with Crippen molar-refractivity contribution in [1.29, 1.82) is 0 Å². The molecule has 0 unspecified atom stereocenters. The second kappa shape index (κ2) is 5.73. The molecular weight excluding hydrogens is 267 g/mol. The van der Waals surface area contributed by atoms with Crippen molar-refractivity contribution in [3.63, 3.8) is 0 Å². The van der Waals surface area contributed by atoms with Gasteiger partial charge in [0.2, 0.25) is 0 Å². The first kappa shape index (κ1) is 14.0. The maximum atomic E-state index is 12.8. The average Bonchev–Trinajstić information content (AvgIpc) is 2.45. The summed E-state index contributed by atoms with van der Waals surface area (Å²) in [5, 5.41) is 3.94. The molecular formula is C14H12F3N3. The second-order valence-electron chi connectivity index (χ2n) is 4.07. The highest BCUT2D eigenvalue weighted by atomic mass is 19.4. The first-order valence-corrected chi connectivity index (χ1v) is 5.86.